The van der Waals surface area contributed by atoms with E-state index < -0.39 is 10.8 Å². The predicted molar refractivity (Wildman–Crippen MR) is 424 cm³/mol. The molecule has 0 spiro atoms. The van der Waals surface area contributed by atoms with Crippen LogP contribution in [0.4, 0.5) is 34.1 Å². The van der Waals surface area contributed by atoms with Crippen molar-refractivity contribution < 1.29 is 9.47 Å². The van der Waals surface area contributed by atoms with Crippen LogP contribution >= 0.6 is 0 Å². The average Bonchev–Trinajstić information content (AvgIpc) is 1.53. The van der Waals surface area contributed by atoms with E-state index in [-0.39, 0.29) is 0 Å². The molecule has 2 aliphatic rings. The second-order valence-electron chi connectivity index (χ2n) is 26.4. The molecule has 0 saturated heterocycles. The lowest BCUT2D eigenvalue weighted by Gasteiger charge is -2.35. The molecule has 102 heavy (non-hydrogen) atoms. The quantitative estimate of drug-likeness (QED) is 0.0907. The zero-order valence-corrected chi connectivity index (χ0v) is 56.1. The summed E-state index contributed by atoms with van der Waals surface area (Å²) in [5.41, 5.74) is 23.7. The van der Waals surface area contributed by atoms with E-state index in [9.17, 15) is 0 Å². The van der Waals surface area contributed by atoms with Crippen molar-refractivity contribution in [2.75, 3.05) is 9.80 Å². The summed E-state index contributed by atoms with van der Waals surface area (Å²) in [4.78, 5) is 4.79. The summed E-state index contributed by atoms with van der Waals surface area (Å²) in [7, 11) is 0. The van der Waals surface area contributed by atoms with Crippen LogP contribution in [0.2, 0.25) is 0 Å². The SMILES string of the molecule is C=Cc1ccc(Oc2ccc(C3(c4ccc5ccccc5c4)c4ccccc4-c4ccc(N(c5ccccc5)c5ccc(-c6ccc(N(c7ccccc7)c7ccc8c(c7)C(c7ccc(Oc9ccc(C=C)cc9)cc7)(c7ccc9ccccc9c7)c7ccccc7-8)cc6)cc5)cc43)cc2)cc1. The summed E-state index contributed by atoms with van der Waals surface area (Å²) < 4.78 is 13.0. The van der Waals surface area contributed by atoms with E-state index in [1.165, 1.54) is 77.2 Å². The van der Waals surface area contributed by atoms with Crippen molar-refractivity contribution in [1.82, 2.24) is 0 Å². The minimum Gasteiger partial charge on any atom is -0.457 e. The van der Waals surface area contributed by atoms with Gasteiger partial charge in [-0.2, -0.15) is 0 Å². The van der Waals surface area contributed by atoms with Crippen LogP contribution in [-0.4, -0.2) is 0 Å². The van der Waals surface area contributed by atoms with Crippen LogP contribution < -0.4 is 19.3 Å². The van der Waals surface area contributed by atoms with Gasteiger partial charge in [-0.3, -0.25) is 0 Å². The highest BCUT2D eigenvalue weighted by Crippen LogP contribution is 2.60. The van der Waals surface area contributed by atoms with E-state index in [1.807, 2.05) is 60.7 Å². The molecule has 16 aromatic rings. The smallest absolute Gasteiger partial charge is 0.127 e. The molecule has 0 N–H and O–H groups in total. The molecule has 2 aliphatic carbocycles. The second-order valence-corrected chi connectivity index (χ2v) is 26.4. The lowest BCUT2D eigenvalue weighted by Crippen LogP contribution is -2.28. The van der Waals surface area contributed by atoms with Crippen LogP contribution in [-0.2, 0) is 10.8 Å². The van der Waals surface area contributed by atoms with Crippen molar-refractivity contribution in [3.8, 4) is 56.4 Å². The number of hydrogen-bond acceptors (Lipinski definition) is 4. The van der Waals surface area contributed by atoms with Crippen LogP contribution in [0, 0.1) is 0 Å². The normalized spacial score (nSPS) is 14.6. The molecule has 2 atom stereocenters. The molecule has 0 saturated carbocycles. The van der Waals surface area contributed by atoms with Crippen molar-refractivity contribution in [3.63, 3.8) is 0 Å². The Morgan fingerprint density at radius 2 is 0.529 bits per heavy atom. The fraction of sp³-hybridized carbons (Fsp3) is 0.0204. The van der Waals surface area contributed by atoms with E-state index in [0.29, 0.717) is 0 Å². The number of para-hydroxylation sites is 2. The Morgan fingerprint density at radius 3 is 0.912 bits per heavy atom. The summed E-state index contributed by atoms with van der Waals surface area (Å²) in [5.74, 6) is 3.08. The van der Waals surface area contributed by atoms with Gasteiger partial charge >= 0.3 is 0 Å². The molecule has 0 heterocycles. The van der Waals surface area contributed by atoms with Crippen LogP contribution in [0.5, 0.6) is 23.0 Å². The molecular formula is C98H68N2O2. The van der Waals surface area contributed by atoms with E-state index >= 15 is 0 Å². The maximum atomic E-state index is 6.49. The first kappa shape index (κ1) is 61.1. The lowest BCUT2D eigenvalue weighted by atomic mass is 9.67. The van der Waals surface area contributed by atoms with Crippen LogP contribution in [0.15, 0.2) is 389 Å². The van der Waals surface area contributed by atoms with Gasteiger partial charge in [0.25, 0.3) is 0 Å². The molecule has 0 radical (unpaired) electrons. The topological polar surface area (TPSA) is 24.9 Å². The Balaban J connectivity index is 0.714. The number of ether oxygens (including phenoxy) is 2. The molecule has 0 bridgehead atoms. The molecule has 0 fully saturated rings. The van der Waals surface area contributed by atoms with Crippen molar-refractivity contribution in [2.24, 2.45) is 0 Å². The first-order valence-corrected chi connectivity index (χ1v) is 34.8. The minimum absolute atomic E-state index is 0.691. The fourth-order valence-electron chi connectivity index (χ4n) is 16.1. The highest BCUT2D eigenvalue weighted by Gasteiger charge is 2.48. The monoisotopic (exact) mass is 1300 g/mol. The number of hydrogen-bond donors (Lipinski definition) is 0. The van der Waals surface area contributed by atoms with Gasteiger partial charge in [0.1, 0.15) is 23.0 Å². The molecule has 0 aliphatic heterocycles. The molecule has 16 aromatic carbocycles. The third kappa shape index (κ3) is 10.5. The maximum Gasteiger partial charge on any atom is 0.127 e. The van der Waals surface area contributed by atoms with Crippen molar-refractivity contribution >= 4 is 67.8 Å². The van der Waals surface area contributed by atoms with Gasteiger partial charge in [0.05, 0.1) is 10.8 Å². The van der Waals surface area contributed by atoms with Gasteiger partial charge in [-0.25, -0.2) is 0 Å². The van der Waals surface area contributed by atoms with Crippen molar-refractivity contribution in [1.29, 1.82) is 0 Å². The van der Waals surface area contributed by atoms with Gasteiger partial charge in [-0.15, -0.1) is 0 Å². The van der Waals surface area contributed by atoms with Gasteiger partial charge in [0, 0.05) is 34.1 Å². The maximum absolute atomic E-state index is 6.49. The van der Waals surface area contributed by atoms with Gasteiger partial charge < -0.3 is 19.3 Å². The summed E-state index contributed by atoms with van der Waals surface area (Å²) in [6.07, 6.45) is 3.69. The molecule has 2 unspecified atom stereocenters. The predicted octanol–water partition coefficient (Wildman–Crippen LogP) is 26.2. The van der Waals surface area contributed by atoms with Crippen LogP contribution in [0.3, 0.4) is 0 Å². The Morgan fingerprint density at radius 1 is 0.225 bits per heavy atom. The Labute approximate surface area is 595 Å². The second kappa shape index (κ2) is 25.5. The van der Waals surface area contributed by atoms with Gasteiger partial charge in [0.15, 0.2) is 0 Å². The van der Waals surface area contributed by atoms with E-state index in [2.05, 4.69) is 351 Å². The minimum atomic E-state index is -0.691. The van der Waals surface area contributed by atoms with Crippen molar-refractivity contribution in [2.45, 2.75) is 10.8 Å². The van der Waals surface area contributed by atoms with E-state index in [1.54, 1.807) is 0 Å². The third-order valence-electron chi connectivity index (χ3n) is 20.8. The Kier molecular flexibility index (Phi) is 15.3. The summed E-state index contributed by atoms with van der Waals surface area (Å²) in [5, 5.41) is 4.78. The van der Waals surface area contributed by atoms with Crippen molar-refractivity contribution in [3.05, 3.63) is 445 Å². The first-order chi connectivity index (χ1) is 50.4. The summed E-state index contributed by atoms with van der Waals surface area (Å²) in [6, 6.07) is 137. The largest absolute Gasteiger partial charge is 0.457 e. The van der Waals surface area contributed by atoms with Gasteiger partial charge in [0.2, 0.25) is 0 Å². The third-order valence-corrected chi connectivity index (χ3v) is 20.8. The first-order valence-electron chi connectivity index (χ1n) is 34.8. The van der Waals surface area contributed by atoms with Gasteiger partial charge in [-0.1, -0.05) is 268 Å². The number of rotatable bonds is 17. The van der Waals surface area contributed by atoms with E-state index in [0.717, 1.165) is 90.5 Å². The summed E-state index contributed by atoms with van der Waals surface area (Å²) >= 11 is 0. The lowest BCUT2D eigenvalue weighted by molar-refractivity contribution is 0.482. The highest BCUT2D eigenvalue weighted by atomic mass is 16.5. The number of anilines is 6. The molecule has 0 aromatic heterocycles. The molecule has 4 heteroatoms. The number of fused-ring (bicyclic) bond motifs is 8. The van der Waals surface area contributed by atoms with Crippen LogP contribution in [0.25, 0.3) is 67.1 Å². The number of benzene rings is 16. The average molecular weight is 1310 g/mol. The zero-order chi connectivity index (χ0) is 68.1. The van der Waals surface area contributed by atoms with Gasteiger partial charge in [-0.05, 0) is 244 Å². The van der Waals surface area contributed by atoms with Crippen LogP contribution in [0.1, 0.15) is 55.6 Å². The standard InChI is InChI=1S/C98H68N2O2/c1-3-67-31-53-85(54-32-67)101-87-57-43-75(44-58-87)97(77-41-35-69-19-11-13-21-73(69)63-77)93-29-17-15-27-89(93)91-61-51-83(65-95(91)97)99(79-23-7-5-8-24-79)81-47-37-71(38-48-81)72-39-49-82(50-40-72)100(80-25-9-6-10-26-80)84-52-62-92-90-28-16-18-30-94(90)98(96(92)66-84,78-42-36-70-20-12-14-22-74(70)64-78)76-45-59-88(60-46-76)102-86-55-33-68(4-2)34-56-86/h3-66H,1-2H2. The number of nitrogens with zero attached hydrogens (tertiary/aromatic N) is 2. The fourth-order valence-corrected chi connectivity index (χ4v) is 16.1. The van der Waals surface area contributed by atoms with E-state index in [4.69, 9.17) is 9.47 Å². The zero-order valence-electron chi connectivity index (χ0n) is 56.1. The summed E-state index contributed by atoms with van der Waals surface area (Å²) in [6.45, 7) is 7.88. The molecule has 4 nitrogen and oxygen atoms in total. The Bertz CT molecular complexity index is 5470. The highest BCUT2D eigenvalue weighted by molar-refractivity contribution is 5.94. The molecular weight excluding hydrogens is 1240 g/mol. The molecule has 0 amide bonds. The molecule has 482 valence electrons. The Hall–Kier alpha value is -13.3. The molecule has 18 rings (SSSR count).